The number of methoxy groups -OCH3 is 1. The third kappa shape index (κ3) is 3.74. The lowest BCUT2D eigenvalue weighted by molar-refractivity contribution is -0.295. The summed E-state index contributed by atoms with van der Waals surface area (Å²) in [5.41, 5.74) is 0. The maximum Gasteiger partial charge on any atom is 0.337 e. The summed E-state index contributed by atoms with van der Waals surface area (Å²) in [6.45, 7) is 3.11. The zero-order chi connectivity index (χ0) is 16.5. The van der Waals surface area contributed by atoms with Crippen LogP contribution in [0.25, 0.3) is 0 Å². The number of hydrogen-bond acceptors (Lipinski definition) is 9. The second-order valence-electron chi connectivity index (χ2n) is 5.70. The quantitative estimate of drug-likeness (QED) is 0.511. The fraction of sp³-hybridized carbons (Fsp3) is 0.923. The average molecular weight is 322 g/mol. The minimum atomic E-state index is -1.47. The van der Waals surface area contributed by atoms with Crippen LogP contribution in [0.15, 0.2) is 0 Å². The number of carbonyl (C=O) groups excluding carboxylic acids is 1. The van der Waals surface area contributed by atoms with Crippen molar-refractivity contribution in [2.75, 3.05) is 20.3 Å². The minimum Gasteiger partial charge on any atom is -0.461 e. The summed E-state index contributed by atoms with van der Waals surface area (Å²) in [4.78, 5) is 11.9. The molecule has 0 amide bonds. The molecule has 0 bridgehead atoms. The molecule has 128 valence electrons. The summed E-state index contributed by atoms with van der Waals surface area (Å²) in [6, 6.07) is 0. The zero-order valence-corrected chi connectivity index (χ0v) is 12.7. The number of aliphatic hydroxyl groups is 3. The number of ether oxygens (including phenoxy) is 5. The molecule has 2 rings (SSSR count). The lowest BCUT2D eigenvalue weighted by Crippen LogP contribution is -2.59. The Balaban J connectivity index is 1.86. The molecule has 0 aromatic heterocycles. The van der Waals surface area contributed by atoms with Gasteiger partial charge in [-0.15, -0.1) is 0 Å². The van der Waals surface area contributed by atoms with E-state index in [-0.39, 0.29) is 13.2 Å². The van der Waals surface area contributed by atoms with Crippen LogP contribution in [0.4, 0.5) is 0 Å². The molecule has 2 fully saturated rings. The highest BCUT2D eigenvalue weighted by Crippen LogP contribution is 2.24. The SMILES string of the molecule is CO[C@H]1O[C@H](COC(=O)[C@H]2COC(C)(C)O2)[C@H](O)[C@H](O)[C@H]1O. The van der Waals surface area contributed by atoms with Gasteiger partial charge in [-0.1, -0.05) is 0 Å². The van der Waals surface area contributed by atoms with Crippen LogP contribution in [0, 0.1) is 0 Å². The Morgan fingerprint density at radius 1 is 1.23 bits per heavy atom. The van der Waals surface area contributed by atoms with Gasteiger partial charge >= 0.3 is 5.97 Å². The molecule has 2 aliphatic rings. The highest BCUT2D eigenvalue weighted by molar-refractivity contribution is 5.75. The molecule has 3 N–H and O–H groups in total. The van der Waals surface area contributed by atoms with Crippen molar-refractivity contribution >= 4 is 5.97 Å². The lowest BCUT2D eigenvalue weighted by atomic mass is 9.99. The van der Waals surface area contributed by atoms with Crippen LogP contribution in [-0.4, -0.2) is 84.2 Å². The van der Waals surface area contributed by atoms with Gasteiger partial charge in [-0.05, 0) is 13.8 Å². The third-order valence-corrected chi connectivity index (χ3v) is 3.56. The van der Waals surface area contributed by atoms with Crippen molar-refractivity contribution in [2.45, 2.75) is 56.4 Å². The summed E-state index contributed by atoms with van der Waals surface area (Å²) < 4.78 is 25.7. The molecule has 0 saturated carbocycles. The van der Waals surface area contributed by atoms with Crippen molar-refractivity contribution in [3.8, 4) is 0 Å². The van der Waals surface area contributed by atoms with Gasteiger partial charge in [0.2, 0.25) is 0 Å². The van der Waals surface area contributed by atoms with Crippen LogP contribution in [0.3, 0.4) is 0 Å². The van der Waals surface area contributed by atoms with E-state index in [0.29, 0.717) is 0 Å². The number of esters is 1. The van der Waals surface area contributed by atoms with Gasteiger partial charge in [-0.25, -0.2) is 4.79 Å². The maximum absolute atomic E-state index is 11.9. The second kappa shape index (κ2) is 6.75. The molecule has 2 aliphatic heterocycles. The first kappa shape index (κ1) is 17.5. The van der Waals surface area contributed by atoms with E-state index in [9.17, 15) is 20.1 Å². The van der Waals surface area contributed by atoms with Crippen molar-refractivity contribution in [2.24, 2.45) is 0 Å². The summed E-state index contributed by atoms with van der Waals surface area (Å²) in [5.74, 6) is -1.51. The lowest BCUT2D eigenvalue weighted by Gasteiger charge is -2.39. The predicted octanol–water partition coefficient (Wildman–Crippen LogP) is -1.86. The predicted molar refractivity (Wildman–Crippen MR) is 69.6 cm³/mol. The van der Waals surface area contributed by atoms with Crippen LogP contribution in [-0.2, 0) is 28.5 Å². The largest absolute Gasteiger partial charge is 0.461 e. The molecular formula is C13H22O9. The first-order valence-corrected chi connectivity index (χ1v) is 6.96. The number of rotatable bonds is 4. The van der Waals surface area contributed by atoms with Crippen LogP contribution < -0.4 is 0 Å². The second-order valence-corrected chi connectivity index (χ2v) is 5.70. The normalized spacial score (nSPS) is 41.4. The van der Waals surface area contributed by atoms with E-state index in [0.717, 1.165) is 0 Å². The standard InChI is InChI=1S/C13H22O9/c1-13(2)20-5-7(22-13)11(17)19-4-6-8(14)9(15)10(16)12(18-3)21-6/h6-10,12,14-16H,4-5H2,1-3H3/t6-,7-,8+,9+,10-,12+/m1/s1. The van der Waals surface area contributed by atoms with Crippen molar-refractivity contribution in [3.63, 3.8) is 0 Å². The van der Waals surface area contributed by atoms with Crippen molar-refractivity contribution in [3.05, 3.63) is 0 Å². The Morgan fingerprint density at radius 2 is 1.91 bits per heavy atom. The molecule has 0 radical (unpaired) electrons. The first-order chi connectivity index (χ1) is 10.2. The molecular weight excluding hydrogens is 300 g/mol. The Morgan fingerprint density at radius 3 is 2.45 bits per heavy atom. The molecule has 22 heavy (non-hydrogen) atoms. The number of carbonyl (C=O) groups is 1. The smallest absolute Gasteiger partial charge is 0.337 e. The Bertz CT molecular complexity index is 397. The van der Waals surface area contributed by atoms with Crippen molar-refractivity contribution in [1.82, 2.24) is 0 Å². The van der Waals surface area contributed by atoms with E-state index in [2.05, 4.69) is 0 Å². The van der Waals surface area contributed by atoms with Crippen LogP contribution in [0.5, 0.6) is 0 Å². The summed E-state index contributed by atoms with van der Waals surface area (Å²) in [5, 5.41) is 29.2. The molecule has 0 aromatic carbocycles. The Hall–Kier alpha value is -0.810. The number of hydrogen-bond donors (Lipinski definition) is 3. The van der Waals surface area contributed by atoms with Gasteiger partial charge in [-0.2, -0.15) is 0 Å². The van der Waals surface area contributed by atoms with Crippen LogP contribution in [0.2, 0.25) is 0 Å². The average Bonchev–Trinajstić information content (AvgIpc) is 2.84. The monoisotopic (exact) mass is 322 g/mol. The van der Waals surface area contributed by atoms with E-state index < -0.39 is 48.6 Å². The maximum atomic E-state index is 11.9. The van der Waals surface area contributed by atoms with Gasteiger partial charge in [0.05, 0.1) is 6.61 Å². The van der Waals surface area contributed by atoms with Gasteiger partial charge in [0.25, 0.3) is 0 Å². The van der Waals surface area contributed by atoms with E-state index in [1.165, 1.54) is 7.11 Å². The number of aliphatic hydroxyl groups excluding tert-OH is 3. The fourth-order valence-electron chi connectivity index (χ4n) is 2.31. The molecule has 0 aromatic rings. The molecule has 0 spiro atoms. The highest BCUT2D eigenvalue weighted by Gasteiger charge is 2.45. The van der Waals surface area contributed by atoms with Gasteiger partial charge in [-0.3, -0.25) is 0 Å². The van der Waals surface area contributed by atoms with Crippen LogP contribution >= 0.6 is 0 Å². The summed E-state index contributed by atoms with van der Waals surface area (Å²) in [6.07, 6.45) is -7.27. The highest BCUT2D eigenvalue weighted by atomic mass is 16.8. The molecule has 6 atom stereocenters. The van der Waals surface area contributed by atoms with E-state index in [1.54, 1.807) is 13.8 Å². The minimum absolute atomic E-state index is 0.0714. The van der Waals surface area contributed by atoms with E-state index >= 15 is 0 Å². The van der Waals surface area contributed by atoms with Gasteiger partial charge < -0.3 is 39.0 Å². The Labute approximate surface area is 127 Å². The van der Waals surface area contributed by atoms with E-state index in [1.807, 2.05) is 0 Å². The Kier molecular flexibility index (Phi) is 5.38. The topological polar surface area (TPSA) is 124 Å². The van der Waals surface area contributed by atoms with E-state index in [4.69, 9.17) is 23.7 Å². The first-order valence-electron chi connectivity index (χ1n) is 6.96. The molecule has 2 heterocycles. The van der Waals surface area contributed by atoms with Gasteiger partial charge in [0.15, 0.2) is 18.2 Å². The molecule has 2 saturated heterocycles. The summed E-state index contributed by atoms with van der Waals surface area (Å²) in [7, 11) is 1.28. The van der Waals surface area contributed by atoms with Gasteiger partial charge in [0, 0.05) is 7.11 Å². The van der Waals surface area contributed by atoms with Crippen molar-refractivity contribution < 1.29 is 43.8 Å². The van der Waals surface area contributed by atoms with Crippen LogP contribution in [0.1, 0.15) is 13.8 Å². The van der Waals surface area contributed by atoms with Crippen molar-refractivity contribution in [1.29, 1.82) is 0 Å². The fourth-order valence-corrected chi connectivity index (χ4v) is 2.31. The third-order valence-electron chi connectivity index (χ3n) is 3.56. The zero-order valence-electron chi connectivity index (χ0n) is 12.7. The summed E-state index contributed by atoms with van der Waals surface area (Å²) >= 11 is 0. The molecule has 9 nitrogen and oxygen atoms in total. The molecule has 0 unspecified atom stereocenters. The molecule has 0 aliphatic carbocycles. The molecule has 9 heteroatoms. The van der Waals surface area contributed by atoms with Gasteiger partial charge in [0.1, 0.15) is 31.0 Å².